The summed E-state index contributed by atoms with van der Waals surface area (Å²) < 4.78 is 38.0. The molecule has 0 spiro atoms. The highest BCUT2D eigenvalue weighted by atomic mass is 32.2. The highest BCUT2D eigenvalue weighted by Crippen LogP contribution is 2.36. The second kappa shape index (κ2) is 11.0. The fourth-order valence-electron chi connectivity index (χ4n) is 5.63. The van der Waals surface area contributed by atoms with Crippen molar-refractivity contribution >= 4 is 43.2 Å². The highest BCUT2D eigenvalue weighted by molar-refractivity contribution is 7.90. The van der Waals surface area contributed by atoms with Gasteiger partial charge in [0.2, 0.25) is 5.91 Å². The smallest absolute Gasteiger partial charge is 0.227 e. The molecular formula is C33H29FN6O3S. The standard InChI is InChI=1S/C33H29FN6O3S/c1-44(42,43)9-8-19-10-21(12-23(34)11-19)25-6-3-7-28-26(25)14-30(38-28)32-27-15-29(36-18-31(27)39-40-32)22-13-24(17-35-16-22)37-33(41)20-4-2-5-20/h3,6-7,10-18,20,38H,2,4-5,8-9H2,1H3,(H,37,41)(H,39,40). The minimum atomic E-state index is -3.18. The summed E-state index contributed by atoms with van der Waals surface area (Å²) >= 11 is 0. The number of carbonyl (C=O) groups excluding carboxylic acids is 1. The summed E-state index contributed by atoms with van der Waals surface area (Å²) in [6.45, 7) is 0. The summed E-state index contributed by atoms with van der Waals surface area (Å²) in [5.74, 6) is -0.371. The minimum Gasteiger partial charge on any atom is -0.353 e. The van der Waals surface area contributed by atoms with Gasteiger partial charge in [0.05, 0.1) is 40.7 Å². The molecule has 0 atom stereocenters. The maximum atomic E-state index is 14.7. The Morgan fingerprint density at radius 1 is 1.00 bits per heavy atom. The molecule has 1 fully saturated rings. The molecule has 0 radical (unpaired) electrons. The number of hydrogen-bond donors (Lipinski definition) is 3. The van der Waals surface area contributed by atoms with Crippen molar-refractivity contribution in [1.29, 1.82) is 0 Å². The van der Waals surface area contributed by atoms with E-state index in [0.717, 1.165) is 57.9 Å². The summed E-state index contributed by atoms with van der Waals surface area (Å²) in [5.41, 5.74) is 7.26. The van der Waals surface area contributed by atoms with Crippen LogP contribution in [0.2, 0.25) is 0 Å². The van der Waals surface area contributed by atoms with E-state index in [1.54, 1.807) is 18.6 Å². The normalized spacial score (nSPS) is 13.8. The summed E-state index contributed by atoms with van der Waals surface area (Å²) in [6, 6.07) is 16.2. The number of aromatic amines is 2. The maximum absolute atomic E-state index is 14.7. The third kappa shape index (κ3) is 5.58. The Bertz CT molecular complexity index is 2170. The van der Waals surface area contributed by atoms with Crippen LogP contribution >= 0.6 is 0 Å². The molecule has 2 aromatic carbocycles. The van der Waals surface area contributed by atoms with E-state index in [1.165, 1.54) is 18.4 Å². The van der Waals surface area contributed by atoms with Crippen molar-refractivity contribution in [2.24, 2.45) is 5.92 Å². The fraction of sp³-hybridized carbons (Fsp3) is 0.212. The SMILES string of the molecule is CS(=O)(=O)CCc1cc(F)cc(-c2cccc3[nH]c(-c4n[nH]c5cnc(-c6cncc(NC(=O)C7CCC7)c6)cc45)cc23)c1. The molecule has 0 unspecified atom stereocenters. The van der Waals surface area contributed by atoms with Crippen LogP contribution in [0.15, 0.2) is 73.2 Å². The second-order valence-electron chi connectivity index (χ2n) is 11.4. The summed E-state index contributed by atoms with van der Waals surface area (Å²) in [5, 5.41) is 12.3. The minimum absolute atomic E-state index is 0.0253. The fourth-order valence-corrected chi connectivity index (χ4v) is 6.24. The molecule has 6 aromatic rings. The van der Waals surface area contributed by atoms with Gasteiger partial charge in [0, 0.05) is 40.2 Å². The summed E-state index contributed by atoms with van der Waals surface area (Å²) in [4.78, 5) is 24.8. The van der Waals surface area contributed by atoms with Crippen LogP contribution in [0.4, 0.5) is 10.1 Å². The number of hydrogen-bond acceptors (Lipinski definition) is 6. The van der Waals surface area contributed by atoms with Crippen LogP contribution in [0, 0.1) is 11.7 Å². The van der Waals surface area contributed by atoms with Crippen molar-refractivity contribution in [3.8, 4) is 33.8 Å². The average molecular weight is 609 g/mol. The van der Waals surface area contributed by atoms with E-state index in [2.05, 4.69) is 30.5 Å². The lowest BCUT2D eigenvalue weighted by molar-refractivity contribution is -0.122. The van der Waals surface area contributed by atoms with Crippen molar-refractivity contribution in [2.45, 2.75) is 25.7 Å². The van der Waals surface area contributed by atoms with Crippen molar-refractivity contribution < 1.29 is 17.6 Å². The number of amides is 1. The van der Waals surface area contributed by atoms with Crippen LogP contribution in [-0.4, -0.2) is 51.5 Å². The van der Waals surface area contributed by atoms with Gasteiger partial charge in [-0.15, -0.1) is 0 Å². The van der Waals surface area contributed by atoms with E-state index >= 15 is 0 Å². The van der Waals surface area contributed by atoms with Gasteiger partial charge in [0.1, 0.15) is 21.3 Å². The molecule has 222 valence electrons. The van der Waals surface area contributed by atoms with Gasteiger partial charge >= 0.3 is 0 Å². The van der Waals surface area contributed by atoms with E-state index in [1.807, 2.05) is 42.5 Å². The van der Waals surface area contributed by atoms with Crippen molar-refractivity contribution in [3.63, 3.8) is 0 Å². The van der Waals surface area contributed by atoms with E-state index < -0.39 is 15.7 Å². The third-order valence-corrected chi connectivity index (χ3v) is 9.12. The lowest BCUT2D eigenvalue weighted by Crippen LogP contribution is -2.28. The highest BCUT2D eigenvalue weighted by Gasteiger charge is 2.25. The first kappa shape index (κ1) is 27.9. The largest absolute Gasteiger partial charge is 0.353 e. The molecular weight excluding hydrogens is 579 g/mol. The van der Waals surface area contributed by atoms with Gasteiger partial charge in [-0.1, -0.05) is 24.6 Å². The van der Waals surface area contributed by atoms with Crippen LogP contribution in [0.1, 0.15) is 24.8 Å². The van der Waals surface area contributed by atoms with Crippen molar-refractivity contribution in [1.82, 2.24) is 25.1 Å². The van der Waals surface area contributed by atoms with E-state index in [-0.39, 0.29) is 24.0 Å². The maximum Gasteiger partial charge on any atom is 0.227 e. The Labute approximate surface area is 252 Å². The zero-order valence-electron chi connectivity index (χ0n) is 23.9. The number of aryl methyl sites for hydroxylation is 1. The number of H-pyrrole nitrogens is 2. The zero-order valence-corrected chi connectivity index (χ0v) is 24.7. The van der Waals surface area contributed by atoms with Crippen LogP contribution in [-0.2, 0) is 21.1 Å². The number of aromatic nitrogens is 5. The molecule has 7 rings (SSSR count). The van der Waals surface area contributed by atoms with E-state index in [0.29, 0.717) is 28.2 Å². The Morgan fingerprint density at radius 3 is 2.66 bits per heavy atom. The lowest BCUT2D eigenvalue weighted by atomic mass is 9.85. The topological polar surface area (TPSA) is 133 Å². The molecule has 4 heterocycles. The molecule has 11 heteroatoms. The van der Waals surface area contributed by atoms with Gasteiger partial charge in [0.15, 0.2) is 0 Å². The number of nitrogens with zero attached hydrogens (tertiary/aromatic N) is 3. The summed E-state index contributed by atoms with van der Waals surface area (Å²) in [6.07, 6.45) is 9.41. The third-order valence-electron chi connectivity index (χ3n) is 8.17. The first-order valence-corrected chi connectivity index (χ1v) is 16.5. The van der Waals surface area contributed by atoms with Gasteiger partial charge in [-0.3, -0.25) is 19.9 Å². The number of halogens is 1. The molecule has 1 aliphatic rings. The number of rotatable bonds is 8. The predicted octanol–water partition coefficient (Wildman–Crippen LogP) is 6.30. The Morgan fingerprint density at radius 2 is 1.86 bits per heavy atom. The van der Waals surface area contributed by atoms with Gasteiger partial charge in [-0.25, -0.2) is 12.8 Å². The summed E-state index contributed by atoms with van der Waals surface area (Å²) in [7, 11) is -3.18. The molecule has 9 nitrogen and oxygen atoms in total. The number of benzene rings is 2. The number of anilines is 1. The molecule has 3 N–H and O–H groups in total. The Hall–Kier alpha value is -4.90. The van der Waals surface area contributed by atoms with Crippen molar-refractivity contribution in [2.75, 3.05) is 17.3 Å². The van der Waals surface area contributed by atoms with Crippen LogP contribution < -0.4 is 5.32 Å². The quantitative estimate of drug-likeness (QED) is 0.186. The van der Waals surface area contributed by atoms with Gasteiger partial charge in [0.25, 0.3) is 0 Å². The number of pyridine rings is 2. The lowest BCUT2D eigenvalue weighted by Gasteiger charge is -2.24. The van der Waals surface area contributed by atoms with Crippen LogP contribution in [0.25, 0.3) is 55.6 Å². The zero-order chi connectivity index (χ0) is 30.4. The average Bonchev–Trinajstić information content (AvgIpc) is 3.58. The first-order chi connectivity index (χ1) is 21.2. The number of carbonyl (C=O) groups is 1. The number of sulfone groups is 1. The first-order valence-electron chi connectivity index (χ1n) is 14.4. The van der Waals surface area contributed by atoms with Gasteiger partial charge in [-0.2, -0.15) is 5.10 Å². The molecule has 1 aliphatic carbocycles. The monoisotopic (exact) mass is 608 g/mol. The predicted molar refractivity (Wildman–Crippen MR) is 169 cm³/mol. The van der Waals surface area contributed by atoms with Gasteiger partial charge < -0.3 is 10.3 Å². The molecule has 0 aliphatic heterocycles. The second-order valence-corrected chi connectivity index (χ2v) is 13.7. The number of fused-ring (bicyclic) bond motifs is 2. The molecule has 1 saturated carbocycles. The molecule has 0 saturated heterocycles. The molecule has 0 bridgehead atoms. The molecule has 4 aromatic heterocycles. The number of nitrogens with one attached hydrogen (secondary N) is 3. The van der Waals surface area contributed by atoms with Crippen LogP contribution in [0.5, 0.6) is 0 Å². The van der Waals surface area contributed by atoms with E-state index in [4.69, 9.17) is 0 Å². The van der Waals surface area contributed by atoms with Gasteiger partial charge in [-0.05, 0) is 72.4 Å². The molecule has 1 amide bonds. The van der Waals surface area contributed by atoms with Crippen LogP contribution in [0.3, 0.4) is 0 Å². The van der Waals surface area contributed by atoms with E-state index in [9.17, 15) is 17.6 Å². The van der Waals surface area contributed by atoms with Crippen molar-refractivity contribution in [3.05, 3.63) is 84.6 Å². The Balaban J connectivity index is 1.23. The molecule has 44 heavy (non-hydrogen) atoms. The Kier molecular flexibility index (Phi) is 6.97.